The number of hydrogen-bond acceptors (Lipinski definition) is 3. The van der Waals surface area contributed by atoms with Gasteiger partial charge in [0.2, 0.25) is 0 Å². The highest BCUT2D eigenvalue weighted by Crippen LogP contribution is 2.19. The molecule has 0 saturated carbocycles. The number of nitrogens with zero attached hydrogens (tertiary/aromatic N) is 2. The zero-order valence-electron chi connectivity index (χ0n) is 11.2. The Morgan fingerprint density at radius 1 is 1.40 bits per heavy atom. The summed E-state index contributed by atoms with van der Waals surface area (Å²) in [7, 11) is 0. The Kier molecular flexibility index (Phi) is 4.02. The number of halogens is 1. The Hall–Kier alpha value is -2.37. The second-order valence-corrected chi connectivity index (χ2v) is 4.69. The number of carboxylic acid groups (broad SMARTS) is 1. The summed E-state index contributed by atoms with van der Waals surface area (Å²) >= 11 is 0. The van der Waals surface area contributed by atoms with Crippen molar-refractivity contribution in [1.82, 2.24) is 9.78 Å². The van der Waals surface area contributed by atoms with Crippen LogP contribution in [0.3, 0.4) is 0 Å². The average molecular weight is 278 g/mol. The lowest BCUT2D eigenvalue weighted by Crippen LogP contribution is -2.32. The molecule has 2 rings (SSSR count). The van der Waals surface area contributed by atoms with Crippen molar-refractivity contribution in [3.8, 4) is 11.4 Å². The second-order valence-electron chi connectivity index (χ2n) is 4.69. The van der Waals surface area contributed by atoms with E-state index >= 15 is 0 Å². The third-order valence-electron chi connectivity index (χ3n) is 2.77. The molecule has 5 nitrogen and oxygen atoms in total. The Bertz CT molecular complexity index is 610. The van der Waals surface area contributed by atoms with E-state index in [1.807, 2.05) is 0 Å². The minimum Gasteiger partial charge on any atom is -0.478 e. The normalized spacial score (nSPS) is 12.4. The predicted octanol–water partition coefficient (Wildman–Crippen LogP) is 2.50. The van der Waals surface area contributed by atoms with E-state index in [9.17, 15) is 9.18 Å². The number of rotatable bonds is 5. The SMILES string of the molecule is CC(C)C(Oc1cnn(-c2ccccc2F)c1)C(=O)O. The van der Waals surface area contributed by atoms with Crippen LogP contribution in [0.15, 0.2) is 36.7 Å². The van der Waals surface area contributed by atoms with Crippen molar-refractivity contribution in [1.29, 1.82) is 0 Å². The molecule has 0 bridgehead atoms. The van der Waals surface area contributed by atoms with Crippen LogP contribution in [-0.4, -0.2) is 27.0 Å². The van der Waals surface area contributed by atoms with E-state index in [4.69, 9.17) is 9.84 Å². The van der Waals surface area contributed by atoms with Crippen molar-refractivity contribution < 1.29 is 19.0 Å². The molecule has 2 aromatic rings. The maximum absolute atomic E-state index is 13.6. The third kappa shape index (κ3) is 2.96. The van der Waals surface area contributed by atoms with Crippen LogP contribution in [0.4, 0.5) is 4.39 Å². The summed E-state index contributed by atoms with van der Waals surface area (Å²) in [5.74, 6) is -1.36. The van der Waals surface area contributed by atoms with Gasteiger partial charge in [-0.25, -0.2) is 13.9 Å². The van der Waals surface area contributed by atoms with Gasteiger partial charge in [-0.05, 0) is 12.1 Å². The molecule has 1 aromatic heterocycles. The van der Waals surface area contributed by atoms with E-state index in [0.717, 1.165) is 0 Å². The van der Waals surface area contributed by atoms with Crippen molar-refractivity contribution >= 4 is 5.97 Å². The summed E-state index contributed by atoms with van der Waals surface area (Å²) in [6, 6.07) is 6.17. The molecule has 6 heteroatoms. The summed E-state index contributed by atoms with van der Waals surface area (Å²) in [6.45, 7) is 3.50. The summed E-state index contributed by atoms with van der Waals surface area (Å²) in [5.41, 5.74) is 0.277. The molecule has 0 aliphatic carbocycles. The van der Waals surface area contributed by atoms with Gasteiger partial charge in [0.1, 0.15) is 11.5 Å². The van der Waals surface area contributed by atoms with Crippen molar-refractivity contribution in [3.05, 3.63) is 42.5 Å². The fourth-order valence-electron chi connectivity index (χ4n) is 1.75. The maximum Gasteiger partial charge on any atom is 0.345 e. The van der Waals surface area contributed by atoms with Gasteiger partial charge in [0.15, 0.2) is 11.9 Å². The minimum atomic E-state index is -1.04. The quantitative estimate of drug-likeness (QED) is 0.912. The van der Waals surface area contributed by atoms with Crippen molar-refractivity contribution in [2.75, 3.05) is 0 Å². The van der Waals surface area contributed by atoms with Gasteiger partial charge in [0.05, 0.1) is 12.4 Å². The lowest BCUT2D eigenvalue weighted by Gasteiger charge is -2.16. The summed E-state index contributed by atoms with van der Waals surface area (Å²) < 4.78 is 20.3. The van der Waals surface area contributed by atoms with Crippen molar-refractivity contribution in [3.63, 3.8) is 0 Å². The summed E-state index contributed by atoms with van der Waals surface area (Å²) in [6.07, 6.45) is 1.86. The van der Waals surface area contributed by atoms with Crippen LogP contribution < -0.4 is 4.74 Å². The molecule has 1 N–H and O–H groups in total. The average Bonchev–Trinajstić information content (AvgIpc) is 2.84. The largest absolute Gasteiger partial charge is 0.478 e. The zero-order valence-corrected chi connectivity index (χ0v) is 11.2. The number of hydrogen-bond donors (Lipinski definition) is 1. The molecule has 1 aromatic carbocycles. The predicted molar refractivity (Wildman–Crippen MR) is 70.4 cm³/mol. The number of aromatic nitrogens is 2. The van der Waals surface area contributed by atoms with Gasteiger partial charge in [-0.1, -0.05) is 26.0 Å². The first-order valence-electron chi connectivity index (χ1n) is 6.18. The summed E-state index contributed by atoms with van der Waals surface area (Å²) in [5, 5.41) is 13.0. The smallest absolute Gasteiger partial charge is 0.345 e. The number of carbonyl (C=O) groups is 1. The highest BCUT2D eigenvalue weighted by molar-refractivity contribution is 5.73. The van der Waals surface area contributed by atoms with E-state index in [2.05, 4.69) is 5.10 Å². The van der Waals surface area contributed by atoms with E-state index in [1.54, 1.807) is 32.0 Å². The van der Waals surface area contributed by atoms with Gasteiger partial charge in [-0.15, -0.1) is 0 Å². The standard InChI is InChI=1S/C14H15FN2O3/c1-9(2)13(14(18)19)20-10-7-16-17(8-10)12-6-4-3-5-11(12)15/h3-9,13H,1-2H3,(H,18,19). The van der Waals surface area contributed by atoms with Gasteiger partial charge >= 0.3 is 5.97 Å². The number of para-hydroxylation sites is 1. The van der Waals surface area contributed by atoms with Gasteiger partial charge in [-0.2, -0.15) is 5.10 Å². The van der Waals surface area contributed by atoms with Crippen LogP contribution in [0.25, 0.3) is 5.69 Å². The first-order valence-corrected chi connectivity index (χ1v) is 6.18. The molecular formula is C14H15FN2O3. The first kappa shape index (κ1) is 14.0. The van der Waals surface area contributed by atoms with Gasteiger partial charge < -0.3 is 9.84 Å². The topological polar surface area (TPSA) is 64.4 Å². The Balaban J connectivity index is 2.21. The zero-order chi connectivity index (χ0) is 14.7. The molecule has 1 heterocycles. The second kappa shape index (κ2) is 5.73. The van der Waals surface area contributed by atoms with Gasteiger partial charge in [0.25, 0.3) is 0 Å². The van der Waals surface area contributed by atoms with E-state index in [-0.39, 0.29) is 17.4 Å². The Morgan fingerprint density at radius 3 is 2.70 bits per heavy atom. The van der Waals surface area contributed by atoms with Crippen LogP contribution in [0, 0.1) is 11.7 Å². The van der Waals surface area contributed by atoms with Crippen LogP contribution in [0.5, 0.6) is 5.75 Å². The highest BCUT2D eigenvalue weighted by atomic mass is 19.1. The molecule has 20 heavy (non-hydrogen) atoms. The van der Waals surface area contributed by atoms with Crippen LogP contribution in [0.2, 0.25) is 0 Å². The monoisotopic (exact) mass is 278 g/mol. The van der Waals surface area contributed by atoms with E-state index < -0.39 is 17.9 Å². The van der Waals surface area contributed by atoms with Gasteiger partial charge in [0, 0.05) is 5.92 Å². The number of benzene rings is 1. The Labute approximate surface area is 115 Å². The molecule has 0 fully saturated rings. The maximum atomic E-state index is 13.6. The third-order valence-corrected chi connectivity index (χ3v) is 2.77. The van der Waals surface area contributed by atoms with Crippen molar-refractivity contribution in [2.45, 2.75) is 20.0 Å². The van der Waals surface area contributed by atoms with Gasteiger partial charge in [-0.3, -0.25) is 0 Å². The first-order chi connectivity index (χ1) is 9.49. The summed E-state index contributed by atoms with van der Waals surface area (Å²) in [4.78, 5) is 11.1. The molecule has 0 saturated heterocycles. The van der Waals surface area contributed by atoms with Crippen LogP contribution >= 0.6 is 0 Å². The fraction of sp³-hybridized carbons (Fsp3) is 0.286. The number of carboxylic acids is 1. The van der Waals surface area contributed by atoms with Crippen molar-refractivity contribution in [2.24, 2.45) is 5.92 Å². The molecular weight excluding hydrogens is 263 g/mol. The van der Waals surface area contributed by atoms with Crippen LogP contribution in [-0.2, 0) is 4.79 Å². The molecule has 106 valence electrons. The lowest BCUT2D eigenvalue weighted by atomic mass is 10.1. The number of aliphatic carboxylic acids is 1. The molecule has 0 radical (unpaired) electrons. The molecule has 1 atom stereocenters. The molecule has 0 aliphatic rings. The lowest BCUT2D eigenvalue weighted by molar-refractivity contribution is -0.147. The number of ether oxygens (including phenoxy) is 1. The van der Waals surface area contributed by atoms with E-state index in [1.165, 1.54) is 23.1 Å². The molecule has 0 amide bonds. The molecule has 1 unspecified atom stereocenters. The molecule has 0 aliphatic heterocycles. The minimum absolute atomic E-state index is 0.190. The highest BCUT2D eigenvalue weighted by Gasteiger charge is 2.24. The van der Waals surface area contributed by atoms with Crippen LogP contribution in [0.1, 0.15) is 13.8 Å². The Morgan fingerprint density at radius 2 is 2.10 bits per heavy atom. The van der Waals surface area contributed by atoms with E-state index in [0.29, 0.717) is 0 Å². The molecule has 0 spiro atoms. The fourth-order valence-corrected chi connectivity index (χ4v) is 1.75.